The van der Waals surface area contributed by atoms with Crippen molar-refractivity contribution < 1.29 is 23.9 Å². The van der Waals surface area contributed by atoms with E-state index >= 15 is 0 Å². The maximum Gasteiger partial charge on any atom is 0.333 e. The quantitative estimate of drug-likeness (QED) is 0.569. The molecule has 1 aliphatic heterocycles. The number of carbonyl (C=O) groups is 3. The highest BCUT2D eigenvalue weighted by atomic mass is 16.6. The third kappa shape index (κ3) is 2.75. The molecule has 0 radical (unpaired) electrons. The molecular weight excluding hydrogens is 320 g/mol. The Kier molecular flexibility index (Phi) is 4.43. The SMILES string of the molecule is CC=C(C)C(=O)O[C@H]1CC(C)=C2C(=O)C=C(C)[C@@H]2[C@H]2OC(=O)[C@@H](C)[C@@H]21. The Balaban J connectivity index is 2.02. The molecule has 0 aromatic carbocycles. The number of hydrogen-bond donors (Lipinski definition) is 0. The molecule has 0 saturated carbocycles. The van der Waals surface area contributed by atoms with Crippen LogP contribution < -0.4 is 0 Å². The Morgan fingerprint density at radius 1 is 1.32 bits per heavy atom. The second kappa shape index (κ2) is 6.28. The van der Waals surface area contributed by atoms with Crippen molar-refractivity contribution in [3.63, 3.8) is 0 Å². The Bertz CT molecular complexity index is 739. The molecule has 5 nitrogen and oxygen atoms in total. The van der Waals surface area contributed by atoms with Gasteiger partial charge in [0.1, 0.15) is 12.2 Å². The van der Waals surface area contributed by atoms with Gasteiger partial charge in [-0.2, -0.15) is 0 Å². The van der Waals surface area contributed by atoms with Gasteiger partial charge in [0.15, 0.2) is 5.78 Å². The number of allylic oxidation sites excluding steroid dienone is 2. The van der Waals surface area contributed by atoms with Crippen LogP contribution in [0.1, 0.15) is 41.0 Å². The zero-order valence-corrected chi connectivity index (χ0v) is 15.3. The van der Waals surface area contributed by atoms with Gasteiger partial charge in [-0.15, -0.1) is 0 Å². The van der Waals surface area contributed by atoms with Crippen molar-refractivity contribution in [2.75, 3.05) is 0 Å². The molecule has 1 saturated heterocycles. The molecule has 0 amide bonds. The lowest BCUT2D eigenvalue weighted by Gasteiger charge is -2.29. The van der Waals surface area contributed by atoms with Crippen molar-refractivity contribution in [3.05, 3.63) is 34.4 Å². The van der Waals surface area contributed by atoms with Gasteiger partial charge in [-0.3, -0.25) is 9.59 Å². The Labute approximate surface area is 147 Å². The van der Waals surface area contributed by atoms with Gasteiger partial charge < -0.3 is 9.47 Å². The molecule has 0 unspecified atom stereocenters. The van der Waals surface area contributed by atoms with Gasteiger partial charge in [0.25, 0.3) is 0 Å². The largest absolute Gasteiger partial charge is 0.461 e. The molecule has 0 aromatic heterocycles. The van der Waals surface area contributed by atoms with Gasteiger partial charge in [-0.25, -0.2) is 4.79 Å². The molecule has 134 valence electrons. The summed E-state index contributed by atoms with van der Waals surface area (Å²) in [5.74, 6) is -1.55. The van der Waals surface area contributed by atoms with Crippen LogP contribution in [0.5, 0.6) is 0 Å². The van der Waals surface area contributed by atoms with Crippen LogP contribution in [0.4, 0.5) is 0 Å². The molecule has 25 heavy (non-hydrogen) atoms. The summed E-state index contributed by atoms with van der Waals surface area (Å²) in [6.45, 7) is 9.09. The average molecular weight is 344 g/mol. The monoisotopic (exact) mass is 344 g/mol. The van der Waals surface area contributed by atoms with Gasteiger partial charge in [-0.05, 0) is 33.8 Å². The first-order valence-corrected chi connectivity index (χ1v) is 8.72. The van der Waals surface area contributed by atoms with E-state index in [4.69, 9.17) is 9.47 Å². The molecule has 0 spiro atoms. The first-order valence-electron chi connectivity index (χ1n) is 8.72. The second-order valence-electron chi connectivity index (χ2n) is 7.31. The lowest BCUT2D eigenvalue weighted by molar-refractivity contribution is -0.148. The number of rotatable bonds is 2. The van der Waals surface area contributed by atoms with Crippen LogP contribution >= 0.6 is 0 Å². The normalized spacial score (nSPS) is 35.0. The first kappa shape index (κ1) is 17.6. The van der Waals surface area contributed by atoms with E-state index < -0.39 is 12.2 Å². The predicted molar refractivity (Wildman–Crippen MR) is 91.4 cm³/mol. The average Bonchev–Trinajstić information content (AvgIpc) is 2.96. The van der Waals surface area contributed by atoms with E-state index in [2.05, 4.69) is 0 Å². The topological polar surface area (TPSA) is 69.7 Å². The fourth-order valence-electron chi connectivity index (χ4n) is 4.26. The smallest absolute Gasteiger partial charge is 0.333 e. The Morgan fingerprint density at radius 2 is 2.00 bits per heavy atom. The summed E-state index contributed by atoms with van der Waals surface area (Å²) in [5.41, 5.74) is 3.05. The molecule has 5 atom stereocenters. The molecule has 0 N–H and O–H groups in total. The molecule has 3 rings (SSSR count). The molecular formula is C20H24O5. The Morgan fingerprint density at radius 3 is 2.64 bits per heavy atom. The second-order valence-corrected chi connectivity index (χ2v) is 7.31. The standard InChI is InChI=1S/C20H24O5/c1-6-9(2)19(22)24-14-8-11(4)15-13(21)7-10(3)16(15)18-17(14)12(5)20(23)25-18/h6-7,12,14,16-18H,8H2,1-5H3/t12-,14-,16-,17+,18+/m0/s1. The minimum atomic E-state index is -0.479. The zero-order valence-electron chi connectivity index (χ0n) is 15.3. The lowest BCUT2D eigenvalue weighted by atomic mass is 9.79. The van der Waals surface area contributed by atoms with Crippen LogP contribution in [-0.2, 0) is 23.9 Å². The third-order valence-electron chi connectivity index (χ3n) is 5.74. The number of ether oxygens (including phenoxy) is 2. The van der Waals surface area contributed by atoms with Crippen molar-refractivity contribution >= 4 is 17.7 Å². The van der Waals surface area contributed by atoms with Gasteiger partial charge in [0.2, 0.25) is 0 Å². The maximum atomic E-state index is 12.4. The molecule has 1 heterocycles. The minimum Gasteiger partial charge on any atom is -0.461 e. The maximum absolute atomic E-state index is 12.4. The van der Waals surface area contributed by atoms with E-state index in [0.717, 1.165) is 11.1 Å². The summed E-state index contributed by atoms with van der Waals surface area (Å²) in [6.07, 6.45) is 2.85. The minimum absolute atomic E-state index is 0.0223. The van der Waals surface area contributed by atoms with E-state index in [1.54, 1.807) is 26.0 Å². The number of esters is 2. The van der Waals surface area contributed by atoms with Gasteiger partial charge in [0.05, 0.1) is 5.92 Å². The van der Waals surface area contributed by atoms with E-state index in [-0.39, 0.29) is 35.5 Å². The van der Waals surface area contributed by atoms with Crippen LogP contribution in [-0.4, -0.2) is 29.9 Å². The lowest BCUT2D eigenvalue weighted by Crippen LogP contribution is -2.38. The van der Waals surface area contributed by atoms with Crippen LogP contribution in [0.3, 0.4) is 0 Å². The van der Waals surface area contributed by atoms with Crippen molar-refractivity contribution in [2.24, 2.45) is 17.8 Å². The summed E-state index contributed by atoms with van der Waals surface area (Å²) in [6, 6.07) is 0. The van der Waals surface area contributed by atoms with Gasteiger partial charge in [0, 0.05) is 29.4 Å². The molecule has 2 aliphatic carbocycles. The fraction of sp³-hybridized carbons (Fsp3) is 0.550. The first-order chi connectivity index (χ1) is 11.8. The molecule has 5 heteroatoms. The van der Waals surface area contributed by atoms with Crippen LogP contribution in [0.25, 0.3) is 0 Å². The summed E-state index contributed by atoms with van der Waals surface area (Å²) in [7, 11) is 0. The van der Waals surface area contributed by atoms with E-state index in [0.29, 0.717) is 17.6 Å². The van der Waals surface area contributed by atoms with Crippen molar-refractivity contribution in [3.8, 4) is 0 Å². The summed E-state index contributed by atoms with van der Waals surface area (Å²) in [4.78, 5) is 37.0. The van der Waals surface area contributed by atoms with Crippen LogP contribution in [0.2, 0.25) is 0 Å². The number of ketones is 1. The summed E-state index contributed by atoms with van der Waals surface area (Å²) >= 11 is 0. The molecule has 0 bridgehead atoms. The highest BCUT2D eigenvalue weighted by Crippen LogP contribution is 2.48. The third-order valence-corrected chi connectivity index (χ3v) is 5.74. The van der Waals surface area contributed by atoms with Gasteiger partial charge in [-0.1, -0.05) is 24.1 Å². The Hall–Kier alpha value is -2.17. The highest BCUT2D eigenvalue weighted by Gasteiger charge is 2.55. The molecule has 1 fully saturated rings. The summed E-state index contributed by atoms with van der Waals surface area (Å²) < 4.78 is 11.4. The zero-order chi connectivity index (χ0) is 18.5. The number of carbonyl (C=O) groups excluding carboxylic acids is 3. The fourth-order valence-corrected chi connectivity index (χ4v) is 4.26. The van der Waals surface area contributed by atoms with Crippen LogP contribution in [0, 0.1) is 17.8 Å². The summed E-state index contributed by atoms with van der Waals surface area (Å²) in [5, 5.41) is 0. The number of hydrogen-bond acceptors (Lipinski definition) is 5. The van der Waals surface area contributed by atoms with Crippen molar-refractivity contribution in [2.45, 2.75) is 53.2 Å². The van der Waals surface area contributed by atoms with Crippen molar-refractivity contribution in [1.29, 1.82) is 0 Å². The van der Waals surface area contributed by atoms with E-state index in [1.165, 1.54) is 0 Å². The van der Waals surface area contributed by atoms with Crippen molar-refractivity contribution in [1.82, 2.24) is 0 Å². The van der Waals surface area contributed by atoms with E-state index in [9.17, 15) is 14.4 Å². The molecule has 0 aromatic rings. The van der Waals surface area contributed by atoms with Crippen LogP contribution in [0.15, 0.2) is 34.4 Å². The van der Waals surface area contributed by atoms with Gasteiger partial charge >= 0.3 is 11.9 Å². The predicted octanol–water partition coefficient (Wildman–Crippen LogP) is 2.91. The number of fused-ring (bicyclic) bond motifs is 3. The molecule has 3 aliphatic rings. The van der Waals surface area contributed by atoms with E-state index in [1.807, 2.05) is 20.8 Å². The highest BCUT2D eigenvalue weighted by molar-refractivity contribution is 6.09.